The first kappa shape index (κ1) is 14.2. The molecule has 1 rings (SSSR count). The Morgan fingerprint density at radius 1 is 1.35 bits per heavy atom. The quantitative estimate of drug-likeness (QED) is 0.329. The molecule has 0 aromatic rings. The fourth-order valence-corrected chi connectivity index (χ4v) is 1.79. The predicted octanol–water partition coefficient (Wildman–Crippen LogP) is 0.462. The van der Waals surface area contributed by atoms with Crippen molar-refractivity contribution in [3.8, 4) is 0 Å². The molecule has 1 aliphatic carbocycles. The van der Waals surface area contributed by atoms with Gasteiger partial charge in [-0.25, -0.2) is 10.2 Å². The van der Waals surface area contributed by atoms with Crippen molar-refractivity contribution < 1.29 is 14.6 Å². The van der Waals surface area contributed by atoms with Gasteiger partial charge in [-0.2, -0.15) is 0 Å². The zero-order valence-electron chi connectivity index (χ0n) is 10.9. The Balaban J connectivity index is 2.28. The number of nitrogens with one attached hydrogen (secondary N) is 2. The van der Waals surface area contributed by atoms with Crippen molar-refractivity contribution in [1.82, 2.24) is 10.7 Å². The van der Waals surface area contributed by atoms with Gasteiger partial charge < -0.3 is 15.2 Å². The summed E-state index contributed by atoms with van der Waals surface area (Å²) < 4.78 is 5.14. The summed E-state index contributed by atoms with van der Waals surface area (Å²) in [4.78, 5) is 11.5. The summed E-state index contributed by atoms with van der Waals surface area (Å²) in [5.41, 5.74) is 0.801. The van der Waals surface area contributed by atoms with Crippen LogP contribution in [0.5, 0.6) is 0 Å². The Labute approximate surface area is 102 Å². The minimum absolute atomic E-state index is 0.0486. The molecular formula is C11H23N3O3. The summed E-state index contributed by atoms with van der Waals surface area (Å²) in [5, 5.41) is 12.6. The molecule has 1 fully saturated rings. The molecule has 1 aliphatic rings. The minimum Gasteiger partial charge on any atom is -0.444 e. The molecule has 1 saturated carbocycles. The van der Waals surface area contributed by atoms with Gasteiger partial charge in [0, 0.05) is 12.0 Å². The van der Waals surface area contributed by atoms with Crippen LogP contribution in [-0.2, 0) is 4.74 Å². The molecule has 0 heterocycles. The van der Waals surface area contributed by atoms with Gasteiger partial charge in [-0.3, -0.25) is 5.84 Å². The minimum atomic E-state index is -1.08. The van der Waals surface area contributed by atoms with Crippen LogP contribution in [0.3, 0.4) is 0 Å². The highest BCUT2D eigenvalue weighted by Gasteiger charge is 2.42. The van der Waals surface area contributed by atoms with Crippen LogP contribution in [0.1, 0.15) is 40.5 Å². The fourth-order valence-electron chi connectivity index (χ4n) is 1.79. The van der Waals surface area contributed by atoms with E-state index < -0.39 is 17.4 Å². The van der Waals surface area contributed by atoms with Crippen LogP contribution in [0.25, 0.3) is 0 Å². The summed E-state index contributed by atoms with van der Waals surface area (Å²) in [6.45, 7) is 7.08. The van der Waals surface area contributed by atoms with Crippen molar-refractivity contribution in [2.75, 3.05) is 0 Å². The Hall–Kier alpha value is -0.850. The van der Waals surface area contributed by atoms with E-state index in [1.54, 1.807) is 6.92 Å². The maximum atomic E-state index is 11.5. The number of hydrogen-bond donors (Lipinski definition) is 4. The van der Waals surface area contributed by atoms with E-state index in [1.165, 1.54) is 0 Å². The molecule has 0 spiro atoms. The molecule has 100 valence electrons. The lowest BCUT2D eigenvalue weighted by atomic mass is 9.74. The lowest BCUT2D eigenvalue weighted by Crippen LogP contribution is -2.60. The summed E-state index contributed by atoms with van der Waals surface area (Å²) in [7, 11) is 0. The molecule has 6 heteroatoms. The normalized spacial score (nSPS) is 27.9. The lowest BCUT2D eigenvalue weighted by molar-refractivity contribution is -0.0737. The predicted molar refractivity (Wildman–Crippen MR) is 63.8 cm³/mol. The van der Waals surface area contributed by atoms with Crippen molar-refractivity contribution in [3.63, 3.8) is 0 Å². The highest BCUT2D eigenvalue weighted by Crippen LogP contribution is 2.34. The van der Waals surface area contributed by atoms with E-state index in [1.807, 2.05) is 20.8 Å². The fraction of sp³-hybridized carbons (Fsp3) is 0.909. The van der Waals surface area contributed by atoms with Crippen molar-refractivity contribution in [3.05, 3.63) is 0 Å². The molecular weight excluding hydrogens is 222 g/mol. The second-order valence-corrected chi connectivity index (χ2v) is 5.80. The molecule has 1 unspecified atom stereocenters. The second kappa shape index (κ2) is 4.80. The van der Waals surface area contributed by atoms with Gasteiger partial charge in [-0.1, -0.05) is 0 Å². The summed E-state index contributed by atoms with van der Waals surface area (Å²) in [6, 6.07) is 0.0506. The van der Waals surface area contributed by atoms with Crippen molar-refractivity contribution in [1.29, 1.82) is 0 Å². The molecule has 0 radical (unpaired) electrons. The van der Waals surface area contributed by atoms with E-state index in [4.69, 9.17) is 10.6 Å². The molecule has 0 aromatic heterocycles. The number of ether oxygens (including phenoxy) is 1. The number of hydrogen-bond acceptors (Lipinski definition) is 5. The van der Waals surface area contributed by atoms with Crippen LogP contribution >= 0.6 is 0 Å². The molecule has 0 bridgehead atoms. The van der Waals surface area contributed by atoms with Gasteiger partial charge in [0.2, 0.25) is 0 Å². The third kappa shape index (κ3) is 4.14. The van der Waals surface area contributed by atoms with Crippen LogP contribution in [0, 0.1) is 5.92 Å². The van der Waals surface area contributed by atoms with E-state index >= 15 is 0 Å². The number of carbonyl (C=O) groups excluding carboxylic acids is 1. The molecule has 0 saturated heterocycles. The third-order valence-electron chi connectivity index (χ3n) is 2.95. The Bertz CT molecular complexity index is 280. The Kier molecular flexibility index (Phi) is 4.01. The first-order valence-electron chi connectivity index (χ1n) is 5.83. The largest absolute Gasteiger partial charge is 0.444 e. The van der Waals surface area contributed by atoms with Gasteiger partial charge in [-0.15, -0.1) is 0 Å². The van der Waals surface area contributed by atoms with Gasteiger partial charge in [-0.05, 0) is 40.5 Å². The molecule has 1 amide bonds. The summed E-state index contributed by atoms with van der Waals surface area (Å²) in [6.07, 6.45) is 0.966. The third-order valence-corrected chi connectivity index (χ3v) is 2.95. The van der Waals surface area contributed by atoms with E-state index in [2.05, 4.69) is 10.7 Å². The maximum Gasteiger partial charge on any atom is 0.407 e. The average molecular weight is 245 g/mol. The number of rotatable bonds is 3. The van der Waals surface area contributed by atoms with Crippen LogP contribution in [0.4, 0.5) is 4.79 Å². The molecule has 17 heavy (non-hydrogen) atoms. The first-order chi connectivity index (χ1) is 7.64. The Morgan fingerprint density at radius 3 is 2.29 bits per heavy atom. The van der Waals surface area contributed by atoms with Crippen molar-refractivity contribution in [2.45, 2.75) is 57.9 Å². The van der Waals surface area contributed by atoms with Crippen molar-refractivity contribution in [2.24, 2.45) is 11.8 Å². The number of hydrazine groups is 1. The Morgan fingerprint density at radius 2 is 1.88 bits per heavy atom. The van der Waals surface area contributed by atoms with Gasteiger partial charge >= 0.3 is 6.09 Å². The van der Waals surface area contributed by atoms with Crippen LogP contribution in [-0.4, -0.2) is 28.6 Å². The molecule has 1 atom stereocenters. The van der Waals surface area contributed by atoms with E-state index in [0.29, 0.717) is 12.8 Å². The molecule has 5 N–H and O–H groups in total. The SMILES string of the molecule is CC(C)(C)OC(=O)NC1CC(C(C)(O)NN)C1. The van der Waals surface area contributed by atoms with Crippen LogP contribution in [0.15, 0.2) is 0 Å². The van der Waals surface area contributed by atoms with Crippen LogP contribution < -0.4 is 16.6 Å². The van der Waals surface area contributed by atoms with Gasteiger partial charge in [0.15, 0.2) is 0 Å². The average Bonchev–Trinajstić information content (AvgIpc) is 2.07. The monoisotopic (exact) mass is 245 g/mol. The number of aliphatic hydroxyl groups is 1. The smallest absolute Gasteiger partial charge is 0.407 e. The maximum absolute atomic E-state index is 11.5. The number of alkyl carbamates (subject to hydrolysis) is 1. The van der Waals surface area contributed by atoms with Crippen LogP contribution in [0.2, 0.25) is 0 Å². The zero-order chi connectivity index (χ0) is 13.3. The standard InChI is InChI=1S/C11H23N3O3/c1-10(2,3)17-9(15)13-8-5-7(6-8)11(4,16)14-12/h7-8,14,16H,5-6,12H2,1-4H3,(H,13,15). The van der Waals surface area contributed by atoms with Gasteiger partial charge in [0.05, 0.1) is 0 Å². The highest BCUT2D eigenvalue weighted by molar-refractivity contribution is 5.68. The topological polar surface area (TPSA) is 96.6 Å². The second-order valence-electron chi connectivity index (χ2n) is 5.80. The summed E-state index contributed by atoms with van der Waals surface area (Å²) in [5.74, 6) is 5.28. The molecule has 0 aliphatic heterocycles. The zero-order valence-corrected chi connectivity index (χ0v) is 10.9. The number of amides is 1. The highest BCUT2D eigenvalue weighted by atomic mass is 16.6. The first-order valence-corrected chi connectivity index (χ1v) is 5.83. The van der Waals surface area contributed by atoms with E-state index in [9.17, 15) is 9.90 Å². The van der Waals surface area contributed by atoms with E-state index in [-0.39, 0.29) is 12.0 Å². The molecule has 0 aromatic carbocycles. The number of nitrogens with two attached hydrogens (primary N) is 1. The summed E-state index contributed by atoms with van der Waals surface area (Å²) >= 11 is 0. The van der Waals surface area contributed by atoms with E-state index in [0.717, 1.165) is 0 Å². The molecule has 6 nitrogen and oxygen atoms in total. The van der Waals surface area contributed by atoms with Crippen molar-refractivity contribution >= 4 is 6.09 Å². The van der Waals surface area contributed by atoms with Gasteiger partial charge in [0.1, 0.15) is 11.3 Å². The lowest BCUT2D eigenvalue weighted by Gasteiger charge is -2.43. The number of carbonyl (C=O) groups is 1. The van der Waals surface area contributed by atoms with Gasteiger partial charge in [0.25, 0.3) is 0 Å².